The Bertz CT molecular complexity index is 367. The van der Waals surface area contributed by atoms with Gasteiger partial charge in [-0.15, -0.1) is 0 Å². The number of halogens is 1. The molecule has 4 nitrogen and oxygen atoms in total. The van der Waals surface area contributed by atoms with E-state index in [1.54, 1.807) is 31.4 Å². The van der Waals surface area contributed by atoms with Gasteiger partial charge in [0.25, 0.3) is 0 Å². The highest BCUT2D eigenvalue weighted by atomic mass is 35.5. The minimum absolute atomic E-state index is 0.171. The lowest BCUT2D eigenvalue weighted by atomic mass is 10.1. The summed E-state index contributed by atoms with van der Waals surface area (Å²) in [6, 6.07) is 7.06. The molecule has 1 aromatic rings. The molecule has 5 heteroatoms. The predicted molar refractivity (Wildman–Crippen MR) is 76.9 cm³/mol. The summed E-state index contributed by atoms with van der Waals surface area (Å²) in [6.45, 7) is 5.30. The Morgan fingerprint density at radius 2 is 1.95 bits per heavy atom. The van der Waals surface area contributed by atoms with Crippen molar-refractivity contribution < 1.29 is 14.6 Å². The number of aliphatic hydroxyl groups excluding tert-OH is 1. The molecule has 0 aliphatic rings. The van der Waals surface area contributed by atoms with Gasteiger partial charge in [0, 0.05) is 24.2 Å². The van der Waals surface area contributed by atoms with Crippen molar-refractivity contribution in [1.29, 1.82) is 0 Å². The van der Waals surface area contributed by atoms with Gasteiger partial charge >= 0.3 is 0 Å². The fourth-order valence-corrected chi connectivity index (χ4v) is 1.71. The number of benzene rings is 1. The molecule has 0 amide bonds. The lowest BCUT2D eigenvalue weighted by molar-refractivity contribution is 0.0813. The van der Waals surface area contributed by atoms with E-state index in [9.17, 15) is 5.11 Å². The van der Waals surface area contributed by atoms with Gasteiger partial charge in [-0.05, 0) is 38.1 Å². The van der Waals surface area contributed by atoms with Crippen LogP contribution in [0.2, 0.25) is 5.02 Å². The van der Waals surface area contributed by atoms with E-state index in [-0.39, 0.29) is 12.1 Å². The molecular formula is C14H22ClNO3. The Kier molecular flexibility index (Phi) is 6.58. The van der Waals surface area contributed by atoms with Crippen molar-refractivity contribution in [3.05, 3.63) is 29.3 Å². The number of rotatable bonds is 8. The number of aliphatic hydroxyl groups is 1. The van der Waals surface area contributed by atoms with Gasteiger partial charge in [0.2, 0.25) is 0 Å². The first-order valence-electron chi connectivity index (χ1n) is 6.23. The van der Waals surface area contributed by atoms with E-state index < -0.39 is 6.10 Å². The molecule has 1 unspecified atom stereocenters. The van der Waals surface area contributed by atoms with E-state index in [2.05, 4.69) is 5.32 Å². The highest BCUT2D eigenvalue weighted by molar-refractivity contribution is 6.30. The monoisotopic (exact) mass is 287 g/mol. The van der Waals surface area contributed by atoms with E-state index in [0.717, 1.165) is 0 Å². The van der Waals surface area contributed by atoms with Crippen LogP contribution in [-0.2, 0) is 4.74 Å². The summed E-state index contributed by atoms with van der Waals surface area (Å²) in [5.41, 5.74) is -0.171. The van der Waals surface area contributed by atoms with E-state index in [0.29, 0.717) is 23.9 Å². The molecule has 1 aromatic carbocycles. The molecule has 2 N–H and O–H groups in total. The topological polar surface area (TPSA) is 50.7 Å². The zero-order chi connectivity index (χ0) is 14.3. The maximum atomic E-state index is 9.84. The summed E-state index contributed by atoms with van der Waals surface area (Å²) in [6.07, 6.45) is -0.577. The Morgan fingerprint density at radius 1 is 1.32 bits per heavy atom. The fourth-order valence-electron chi connectivity index (χ4n) is 1.59. The Morgan fingerprint density at radius 3 is 2.53 bits per heavy atom. The molecule has 0 saturated heterocycles. The summed E-state index contributed by atoms with van der Waals surface area (Å²) in [5, 5.41) is 13.7. The first-order valence-corrected chi connectivity index (χ1v) is 6.61. The largest absolute Gasteiger partial charge is 0.491 e. The lowest BCUT2D eigenvalue weighted by Crippen LogP contribution is -2.47. The van der Waals surface area contributed by atoms with Crippen LogP contribution >= 0.6 is 11.6 Å². The maximum Gasteiger partial charge on any atom is 0.119 e. The third kappa shape index (κ3) is 6.78. The van der Waals surface area contributed by atoms with Crippen LogP contribution < -0.4 is 10.1 Å². The van der Waals surface area contributed by atoms with E-state index in [1.165, 1.54) is 0 Å². The predicted octanol–water partition coefficient (Wildman–Crippen LogP) is 2.09. The van der Waals surface area contributed by atoms with Gasteiger partial charge in [0.1, 0.15) is 18.5 Å². The third-order valence-electron chi connectivity index (χ3n) is 2.58. The number of ether oxygens (including phenoxy) is 2. The Balaban J connectivity index is 2.28. The molecule has 0 fully saturated rings. The average molecular weight is 288 g/mol. The fraction of sp³-hybridized carbons (Fsp3) is 0.571. The summed E-state index contributed by atoms with van der Waals surface area (Å²) in [4.78, 5) is 0. The van der Waals surface area contributed by atoms with Crippen LogP contribution in [0.5, 0.6) is 5.75 Å². The Hall–Kier alpha value is -0.810. The van der Waals surface area contributed by atoms with E-state index in [4.69, 9.17) is 21.1 Å². The quantitative estimate of drug-likeness (QED) is 0.769. The van der Waals surface area contributed by atoms with Gasteiger partial charge < -0.3 is 19.9 Å². The average Bonchev–Trinajstić information content (AvgIpc) is 2.36. The van der Waals surface area contributed by atoms with Crippen LogP contribution in [0.1, 0.15) is 13.8 Å². The van der Waals surface area contributed by atoms with E-state index >= 15 is 0 Å². The molecule has 0 aromatic heterocycles. The number of hydrogen-bond acceptors (Lipinski definition) is 4. The standard InChI is InChI=1S/C14H22ClNO3/c1-14(2,10-18-3)16-8-12(17)9-19-13-6-4-11(15)5-7-13/h4-7,12,16-17H,8-10H2,1-3H3. The van der Waals surface area contributed by atoms with Crippen molar-refractivity contribution in [2.24, 2.45) is 0 Å². The minimum atomic E-state index is -0.577. The van der Waals surface area contributed by atoms with Crippen molar-refractivity contribution in [3.8, 4) is 5.75 Å². The molecule has 0 spiro atoms. The normalized spacial score (nSPS) is 13.3. The summed E-state index contributed by atoms with van der Waals surface area (Å²) in [5.74, 6) is 0.694. The molecule has 19 heavy (non-hydrogen) atoms. The molecule has 0 aliphatic heterocycles. The van der Waals surface area contributed by atoms with Gasteiger partial charge in [-0.2, -0.15) is 0 Å². The number of nitrogens with one attached hydrogen (secondary N) is 1. The first kappa shape index (κ1) is 16.2. The molecule has 1 rings (SSSR count). The molecule has 0 saturated carbocycles. The second-order valence-electron chi connectivity index (χ2n) is 5.12. The Labute approximate surface area is 119 Å². The van der Waals surface area contributed by atoms with Gasteiger partial charge in [0.15, 0.2) is 0 Å². The van der Waals surface area contributed by atoms with E-state index in [1.807, 2.05) is 13.8 Å². The highest BCUT2D eigenvalue weighted by Crippen LogP contribution is 2.15. The van der Waals surface area contributed by atoms with Gasteiger partial charge in [-0.3, -0.25) is 0 Å². The summed E-state index contributed by atoms with van der Waals surface area (Å²) in [7, 11) is 1.66. The van der Waals surface area contributed by atoms with Crippen LogP contribution in [0.3, 0.4) is 0 Å². The maximum absolute atomic E-state index is 9.84. The van der Waals surface area contributed by atoms with Crippen molar-refractivity contribution in [2.45, 2.75) is 25.5 Å². The van der Waals surface area contributed by atoms with Crippen LogP contribution in [-0.4, -0.2) is 43.6 Å². The zero-order valence-corrected chi connectivity index (χ0v) is 12.4. The number of hydrogen-bond donors (Lipinski definition) is 2. The van der Waals surface area contributed by atoms with Crippen LogP contribution in [0.4, 0.5) is 0 Å². The van der Waals surface area contributed by atoms with Crippen LogP contribution in [0.15, 0.2) is 24.3 Å². The molecule has 0 heterocycles. The lowest BCUT2D eigenvalue weighted by Gasteiger charge is -2.26. The molecular weight excluding hydrogens is 266 g/mol. The van der Waals surface area contributed by atoms with Gasteiger partial charge in [0.05, 0.1) is 6.61 Å². The summed E-state index contributed by atoms with van der Waals surface area (Å²) < 4.78 is 10.6. The molecule has 0 radical (unpaired) electrons. The van der Waals surface area contributed by atoms with Gasteiger partial charge in [-0.25, -0.2) is 0 Å². The van der Waals surface area contributed by atoms with Crippen LogP contribution in [0, 0.1) is 0 Å². The van der Waals surface area contributed by atoms with Crippen molar-refractivity contribution >= 4 is 11.6 Å². The molecule has 1 atom stereocenters. The van der Waals surface area contributed by atoms with Gasteiger partial charge in [-0.1, -0.05) is 11.6 Å². The first-order chi connectivity index (χ1) is 8.93. The van der Waals surface area contributed by atoms with Crippen molar-refractivity contribution in [3.63, 3.8) is 0 Å². The second kappa shape index (κ2) is 7.70. The van der Waals surface area contributed by atoms with Crippen molar-refractivity contribution in [2.75, 3.05) is 26.9 Å². The second-order valence-corrected chi connectivity index (χ2v) is 5.55. The number of methoxy groups -OCH3 is 1. The van der Waals surface area contributed by atoms with Crippen molar-refractivity contribution in [1.82, 2.24) is 5.32 Å². The smallest absolute Gasteiger partial charge is 0.119 e. The highest BCUT2D eigenvalue weighted by Gasteiger charge is 2.18. The summed E-state index contributed by atoms with van der Waals surface area (Å²) >= 11 is 5.78. The molecule has 0 bridgehead atoms. The SMILES string of the molecule is COCC(C)(C)NCC(O)COc1ccc(Cl)cc1. The molecule has 0 aliphatic carbocycles. The third-order valence-corrected chi connectivity index (χ3v) is 2.83. The zero-order valence-electron chi connectivity index (χ0n) is 11.6. The van der Waals surface area contributed by atoms with Crippen LogP contribution in [0.25, 0.3) is 0 Å². The minimum Gasteiger partial charge on any atom is -0.491 e. The molecule has 108 valence electrons. The number of β-amino-alcohol motifs (C(OH)–C–C–N with tert-alkyl or cyclic N) is 1.